The fourth-order valence-corrected chi connectivity index (χ4v) is 4.05. The Balaban J connectivity index is 1.50. The molecular weight excluding hydrogens is 402 g/mol. The molecule has 2 amide bonds. The summed E-state index contributed by atoms with van der Waals surface area (Å²) in [6, 6.07) is 14.0. The minimum Gasteiger partial charge on any atom is -0.370 e. The van der Waals surface area contributed by atoms with Crippen LogP contribution in [0, 0.1) is 5.92 Å². The summed E-state index contributed by atoms with van der Waals surface area (Å²) in [6.07, 6.45) is 10.9. The number of piperidine rings is 1. The van der Waals surface area contributed by atoms with Crippen LogP contribution in [0.15, 0.2) is 67.1 Å². The van der Waals surface area contributed by atoms with Crippen molar-refractivity contribution in [2.75, 3.05) is 13.1 Å². The first-order valence-corrected chi connectivity index (χ1v) is 10.9. The molecule has 0 atom stereocenters. The topological polar surface area (TPSA) is 94.1 Å². The molecule has 4 rings (SSSR count). The van der Waals surface area contributed by atoms with Crippen LogP contribution in [0.5, 0.6) is 0 Å². The van der Waals surface area contributed by atoms with Crippen molar-refractivity contribution >= 4 is 17.9 Å². The summed E-state index contributed by atoms with van der Waals surface area (Å²) < 4.78 is 1.89. The van der Waals surface area contributed by atoms with Crippen molar-refractivity contribution in [2.45, 2.75) is 25.8 Å². The van der Waals surface area contributed by atoms with E-state index in [9.17, 15) is 9.59 Å². The van der Waals surface area contributed by atoms with E-state index in [1.165, 1.54) is 0 Å². The van der Waals surface area contributed by atoms with Crippen LogP contribution in [0.25, 0.3) is 17.3 Å². The first kappa shape index (κ1) is 21.5. The van der Waals surface area contributed by atoms with E-state index in [-0.39, 0.29) is 17.7 Å². The maximum Gasteiger partial charge on any atom is 0.246 e. The number of hydrogen-bond acceptors (Lipinski definition) is 4. The van der Waals surface area contributed by atoms with Crippen LogP contribution in [0.1, 0.15) is 30.4 Å². The monoisotopic (exact) mass is 429 g/mol. The predicted molar refractivity (Wildman–Crippen MR) is 123 cm³/mol. The number of benzene rings is 1. The molecule has 0 saturated carbocycles. The zero-order valence-corrected chi connectivity index (χ0v) is 17.9. The minimum absolute atomic E-state index is 0.0320. The van der Waals surface area contributed by atoms with Crippen LogP contribution in [0.3, 0.4) is 0 Å². The molecule has 1 fully saturated rings. The second kappa shape index (κ2) is 10.0. The Labute approximate surface area is 187 Å². The molecule has 2 aromatic heterocycles. The number of rotatable bonds is 7. The van der Waals surface area contributed by atoms with Gasteiger partial charge in [-0.25, -0.2) is 0 Å². The molecule has 1 aromatic carbocycles. The van der Waals surface area contributed by atoms with E-state index in [0.29, 0.717) is 26.1 Å². The van der Waals surface area contributed by atoms with E-state index >= 15 is 0 Å². The number of nitrogens with zero attached hydrogens (tertiary/aromatic N) is 4. The van der Waals surface area contributed by atoms with Crippen molar-refractivity contribution in [1.82, 2.24) is 19.7 Å². The number of likely N-dealkylation sites (tertiary alicyclic amines) is 1. The standard InChI is InChI=1S/C25H27N5O2/c26-23(31)15-19-10-13-29(14-11-19)24(32)9-8-22-18-30(17-20-5-2-1-3-6-20)28-25(22)21-7-4-12-27-16-21/h1-9,12,16,18-19H,10-11,13-15,17H2,(H2,26,31)/b9-8+. The van der Waals surface area contributed by atoms with Gasteiger partial charge in [-0.15, -0.1) is 0 Å². The number of carbonyl (C=O) groups excluding carboxylic acids is 2. The lowest BCUT2D eigenvalue weighted by Crippen LogP contribution is -2.38. The van der Waals surface area contributed by atoms with Crippen molar-refractivity contribution in [2.24, 2.45) is 11.7 Å². The molecular formula is C25H27N5O2. The molecule has 3 aromatic rings. The van der Waals surface area contributed by atoms with Crippen molar-refractivity contribution in [3.63, 3.8) is 0 Å². The number of primary amides is 1. The van der Waals surface area contributed by atoms with E-state index in [0.717, 1.165) is 35.2 Å². The highest BCUT2D eigenvalue weighted by Gasteiger charge is 2.22. The second-order valence-corrected chi connectivity index (χ2v) is 8.13. The molecule has 1 aliphatic rings. The van der Waals surface area contributed by atoms with Crippen molar-refractivity contribution < 1.29 is 9.59 Å². The lowest BCUT2D eigenvalue weighted by atomic mass is 9.93. The van der Waals surface area contributed by atoms with Gasteiger partial charge in [0.15, 0.2) is 0 Å². The van der Waals surface area contributed by atoms with E-state index in [1.54, 1.807) is 18.5 Å². The first-order valence-electron chi connectivity index (χ1n) is 10.9. The zero-order valence-electron chi connectivity index (χ0n) is 17.9. The molecule has 32 heavy (non-hydrogen) atoms. The van der Waals surface area contributed by atoms with Crippen LogP contribution < -0.4 is 5.73 Å². The first-order chi connectivity index (χ1) is 15.6. The molecule has 1 aliphatic heterocycles. The van der Waals surface area contributed by atoms with Gasteiger partial charge >= 0.3 is 0 Å². The van der Waals surface area contributed by atoms with Crippen LogP contribution in [0.4, 0.5) is 0 Å². The number of carbonyl (C=O) groups is 2. The Hall–Kier alpha value is -3.74. The van der Waals surface area contributed by atoms with Crippen LogP contribution >= 0.6 is 0 Å². The van der Waals surface area contributed by atoms with Gasteiger partial charge in [0, 0.05) is 55.3 Å². The molecule has 164 valence electrons. The Morgan fingerprint density at radius 1 is 1.09 bits per heavy atom. The molecule has 0 bridgehead atoms. The van der Waals surface area contributed by atoms with E-state index < -0.39 is 0 Å². The van der Waals surface area contributed by atoms with E-state index in [4.69, 9.17) is 10.8 Å². The zero-order chi connectivity index (χ0) is 22.3. The summed E-state index contributed by atoms with van der Waals surface area (Å²) in [4.78, 5) is 29.9. The largest absolute Gasteiger partial charge is 0.370 e. The van der Waals surface area contributed by atoms with E-state index in [1.807, 2.05) is 52.2 Å². The molecule has 0 aliphatic carbocycles. The molecule has 0 radical (unpaired) electrons. The molecule has 7 heteroatoms. The quantitative estimate of drug-likeness (QED) is 0.584. The van der Waals surface area contributed by atoms with Crippen LogP contribution in [0.2, 0.25) is 0 Å². The highest BCUT2D eigenvalue weighted by Crippen LogP contribution is 2.24. The van der Waals surface area contributed by atoms with Crippen LogP contribution in [-0.4, -0.2) is 44.6 Å². The van der Waals surface area contributed by atoms with E-state index in [2.05, 4.69) is 17.1 Å². The summed E-state index contributed by atoms with van der Waals surface area (Å²) in [7, 11) is 0. The summed E-state index contributed by atoms with van der Waals surface area (Å²) >= 11 is 0. The van der Waals surface area contributed by atoms with Gasteiger partial charge in [-0.1, -0.05) is 30.3 Å². The van der Waals surface area contributed by atoms with Gasteiger partial charge < -0.3 is 10.6 Å². The number of amides is 2. The number of aromatic nitrogens is 3. The molecule has 1 saturated heterocycles. The van der Waals surface area contributed by atoms with Gasteiger partial charge in [0.25, 0.3) is 0 Å². The summed E-state index contributed by atoms with van der Waals surface area (Å²) in [5.41, 5.74) is 9.01. The lowest BCUT2D eigenvalue weighted by molar-refractivity contribution is -0.127. The minimum atomic E-state index is -0.273. The third-order valence-corrected chi connectivity index (χ3v) is 5.73. The van der Waals surface area contributed by atoms with Crippen molar-refractivity contribution in [3.8, 4) is 11.3 Å². The predicted octanol–water partition coefficient (Wildman–Crippen LogP) is 3.12. The van der Waals surface area contributed by atoms with Gasteiger partial charge in [0.1, 0.15) is 5.69 Å². The maximum atomic E-state index is 12.8. The molecule has 2 N–H and O–H groups in total. The normalized spacial score (nSPS) is 14.7. The fraction of sp³-hybridized carbons (Fsp3) is 0.280. The average Bonchev–Trinajstić information content (AvgIpc) is 3.21. The summed E-state index contributed by atoms with van der Waals surface area (Å²) in [6.45, 7) is 1.93. The van der Waals surface area contributed by atoms with Crippen LogP contribution in [-0.2, 0) is 16.1 Å². The van der Waals surface area contributed by atoms with Gasteiger partial charge in [-0.05, 0) is 42.5 Å². The molecule has 0 spiro atoms. The van der Waals surface area contributed by atoms with Crippen molar-refractivity contribution in [1.29, 1.82) is 0 Å². The SMILES string of the molecule is NC(=O)CC1CCN(C(=O)/C=C/c2cn(Cc3ccccc3)nc2-c2cccnc2)CC1. The third-order valence-electron chi connectivity index (χ3n) is 5.73. The highest BCUT2D eigenvalue weighted by molar-refractivity contribution is 5.93. The summed E-state index contributed by atoms with van der Waals surface area (Å²) in [5, 5.41) is 4.76. The number of nitrogens with two attached hydrogens (primary N) is 1. The number of pyridine rings is 1. The molecule has 0 unspecified atom stereocenters. The van der Waals surface area contributed by atoms with Gasteiger partial charge in [-0.3, -0.25) is 19.3 Å². The highest BCUT2D eigenvalue weighted by atomic mass is 16.2. The van der Waals surface area contributed by atoms with Gasteiger partial charge in [-0.2, -0.15) is 5.10 Å². The Bertz CT molecular complexity index is 1080. The summed E-state index contributed by atoms with van der Waals surface area (Å²) in [5.74, 6) is -0.0329. The maximum absolute atomic E-state index is 12.8. The Morgan fingerprint density at radius 2 is 1.88 bits per heavy atom. The Kier molecular flexibility index (Phi) is 6.75. The lowest BCUT2D eigenvalue weighted by Gasteiger charge is -2.30. The molecule has 3 heterocycles. The van der Waals surface area contributed by atoms with Gasteiger partial charge in [0.2, 0.25) is 11.8 Å². The Morgan fingerprint density at radius 3 is 2.56 bits per heavy atom. The van der Waals surface area contributed by atoms with Gasteiger partial charge in [0.05, 0.1) is 6.54 Å². The second-order valence-electron chi connectivity index (χ2n) is 8.13. The smallest absolute Gasteiger partial charge is 0.246 e. The van der Waals surface area contributed by atoms with Crippen molar-refractivity contribution in [3.05, 3.63) is 78.3 Å². The fourth-order valence-electron chi connectivity index (χ4n) is 4.05. The molecule has 7 nitrogen and oxygen atoms in total. The number of hydrogen-bond donors (Lipinski definition) is 1. The average molecular weight is 430 g/mol. The third kappa shape index (κ3) is 5.49.